The molecule has 1 aliphatic rings. The lowest BCUT2D eigenvalue weighted by Gasteiger charge is -2.32. The van der Waals surface area contributed by atoms with Crippen molar-refractivity contribution in [2.24, 2.45) is 5.92 Å². The summed E-state index contributed by atoms with van der Waals surface area (Å²) in [6.45, 7) is 3.34. The molecule has 2 aromatic rings. The molecule has 0 spiro atoms. The summed E-state index contributed by atoms with van der Waals surface area (Å²) in [6.07, 6.45) is 1.77. The molecular formula is C21H26N2O4. The van der Waals surface area contributed by atoms with Crippen molar-refractivity contribution in [3.05, 3.63) is 53.5 Å². The molecule has 1 atom stereocenters. The summed E-state index contributed by atoms with van der Waals surface area (Å²) in [6, 6.07) is 11.6. The number of carbonyl (C=O) groups excluding carboxylic acids is 2. The van der Waals surface area contributed by atoms with Gasteiger partial charge in [0.05, 0.1) is 19.6 Å². The van der Waals surface area contributed by atoms with Gasteiger partial charge in [-0.2, -0.15) is 0 Å². The number of likely N-dealkylation sites (tertiary alicyclic amines) is 1. The molecule has 6 nitrogen and oxygen atoms in total. The Morgan fingerprint density at radius 1 is 1.26 bits per heavy atom. The Balaban J connectivity index is 1.50. The van der Waals surface area contributed by atoms with E-state index in [1.165, 1.54) is 0 Å². The van der Waals surface area contributed by atoms with Gasteiger partial charge in [-0.3, -0.25) is 9.59 Å². The third-order valence-corrected chi connectivity index (χ3v) is 4.93. The number of nitrogens with zero attached hydrogens (tertiary/aromatic N) is 1. The minimum absolute atomic E-state index is 0.0222. The molecule has 1 N–H and O–H groups in total. The molecule has 0 saturated carbocycles. The quantitative estimate of drug-likeness (QED) is 0.813. The molecule has 0 bridgehead atoms. The van der Waals surface area contributed by atoms with Crippen LogP contribution in [0.2, 0.25) is 0 Å². The smallest absolute Gasteiger partial charge is 0.225 e. The van der Waals surface area contributed by atoms with Gasteiger partial charge in [-0.1, -0.05) is 12.1 Å². The molecule has 1 fully saturated rings. The second-order valence-electron chi connectivity index (χ2n) is 6.90. The average Bonchev–Trinajstić information content (AvgIpc) is 3.11. The number of hydrogen-bond acceptors (Lipinski definition) is 4. The molecule has 1 aromatic carbocycles. The van der Waals surface area contributed by atoms with Crippen molar-refractivity contribution in [3.8, 4) is 5.75 Å². The molecular weight excluding hydrogens is 344 g/mol. The van der Waals surface area contributed by atoms with Crippen molar-refractivity contribution in [1.82, 2.24) is 10.2 Å². The molecule has 3 rings (SSSR count). The number of nitrogens with one attached hydrogen (secondary N) is 1. The van der Waals surface area contributed by atoms with E-state index in [0.717, 1.165) is 29.3 Å². The van der Waals surface area contributed by atoms with Gasteiger partial charge in [-0.15, -0.1) is 0 Å². The fourth-order valence-electron chi connectivity index (χ4n) is 3.30. The standard InChI is InChI=1S/C21H26N2O4/c1-15-3-7-19(27-15)13-22-21(25)17-6-10-20(24)23(14-17)12-11-16-4-8-18(26-2)9-5-16/h3-5,7-9,17H,6,10-14H2,1-2H3,(H,22,25)/t17-/m0/s1. The summed E-state index contributed by atoms with van der Waals surface area (Å²) in [5.74, 6) is 2.31. The predicted octanol–water partition coefficient (Wildman–Crippen LogP) is 2.69. The van der Waals surface area contributed by atoms with Crippen molar-refractivity contribution in [2.75, 3.05) is 20.2 Å². The number of rotatable bonds is 7. The number of carbonyl (C=O) groups is 2. The van der Waals surface area contributed by atoms with E-state index in [2.05, 4.69) is 5.32 Å². The van der Waals surface area contributed by atoms with Gasteiger partial charge in [0.1, 0.15) is 17.3 Å². The Labute approximate surface area is 159 Å². The van der Waals surface area contributed by atoms with Crippen molar-refractivity contribution in [2.45, 2.75) is 32.7 Å². The van der Waals surface area contributed by atoms with Gasteiger partial charge >= 0.3 is 0 Å². The largest absolute Gasteiger partial charge is 0.497 e. The monoisotopic (exact) mass is 370 g/mol. The minimum atomic E-state index is -0.172. The first-order valence-electron chi connectivity index (χ1n) is 9.29. The second-order valence-corrected chi connectivity index (χ2v) is 6.90. The van der Waals surface area contributed by atoms with Gasteiger partial charge in [-0.25, -0.2) is 0 Å². The van der Waals surface area contributed by atoms with Crippen molar-refractivity contribution >= 4 is 11.8 Å². The highest BCUT2D eigenvalue weighted by Crippen LogP contribution is 2.19. The summed E-state index contributed by atoms with van der Waals surface area (Å²) >= 11 is 0. The van der Waals surface area contributed by atoms with Gasteiger partial charge in [0.2, 0.25) is 11.8 Å². The first-order chi connectivity index (χ1) is 13.0. The molecule has 1 aliphatic heterocycles. The fourth-order valence-corrected chi connectivity index (χ4v) is 3.30. The van der Waals surface area contributed by atoms with Crippen LogP contribution in [-0.2, 0) is 22.6 Å². The van der Waals surface area contributed by atoms with Gasteiger partial charge in [0, 0.05) is 19.5 Å². The van der Waals surface area contributed by atoms with Gasteiger partial charge in [0.25, 0.3) is 0 Å². The zero-order valence-corrected chi connectivity index (χ0v) is 15.9. The molecule has 1 aromatic heterocycles. The van der Waals surface area contributed by atoms with E-state index in [1.54, 1.807) is 12.0 Å². The molecule has 1 saturated heterocycles. The van der Waals surface area contributed by atoms with E-state index >= 15 is 0 Å². The summed E-state index contributed by atoms with van der Waals surface area (Å²) < 4.78 is 10.6. The lowest BCUT2D eigenvalue weighted by atomic mass is 9.96. The van der Waals surface area contributed by atoms with Crippen LogP contribution in [0, 0.1) is 12.8 Å². The highest BCUT2D eigenvalue weighted by atomic mass is 16.5. The van der Waals surface area contributed by atoms with Gasteiger partial charge in [0.15, 0.2) is 0 Å². The second kappa shape index (κ2) is 8.75. The number of ether oxygens (including phenoxy) is 1. The number of hydrogen-bond donors (Lipinski definition) is 1. The third-order valence-electron chi connectivity index (χ3n) is 4.93. The lowest BCUT2D eigenvalue weighted by molar-refractivity contribution is -0.138. The summed E-state index contributed by atoms with van der Waals surface area (Å²) in [4.78, 5) is 26.5. The van der Waals surface area contributed by atoms with Crippen LogP contribution in [-0.4, -0.2) is 36.9 Å². The van der Waals surface area contributed by atoms with Crippen molar-refractivity contribution < 1.29 is 18.7 Å². The Hall–Kier alpha value is -2.76. The van der Waals surface area contributed by atoms with E-state index < -0.39 is 0 Å². The van der Waals surface area contributed by atoms with Crippen LogP contribution < -0.4 is 10.1 Å². The molecule has 2 heterocycles. The zero-order valence-electron chi connectivity index (χ0n) is 15.9. The van der Waals surface area contributed by atoms with E-state index in [9.17, 15) is 9.59 Å². The summed E-state index contributed by atoms with van der Waals surface area (Å²) in [5.41, 5.74) is 1.14. The predicted molar refractivity (Wildman–Crippen MR) is 101 cm³/mol. The number of methoxy groups -OCH3 is 1. The molecule has 6 heteroatoms. The third kappa shape index (κ3) is 5.12. The molecule has 0 unspecified atom stereocenters. The maximum Gasteiger partial charge on any atom is 0.225 e. The maximum absolute atomic E-state index is 12.5. The van der Waals surface area contributed by atoms with Gasteiger partial charge < -0.3 is 19.4 Å². The van der Waals surface area contributed by atoms with Crippen LogP contribution in [0.3, 0.4) is 0 Å². The molecule has 27 heavy (non-hydrogen) atoms. The van der Waals surface area contributed by atoms with Crippen LogP contribution >= 0.6 is 0 Å². The molecule has 144 valence electrons. The zero-order chi connectivity index (χ0) is 19.2. The van der Waals surface area contributed by atoms with E-state index in [4.69, 9.17) is 9.15 Å². The number of furan rings is 1. The number of amides is 2. The Kier molecular flexibility index (Phi) is 6.16. The Morgan fingerprint density at radius 2 is 2.04 bits per heavy atom. The number of piperidine rings is 1. The normalized spacial score (nSPS) is 17.0. The van der Waals surface area contributed by atoms with Crippen LogP contribution in [0.1, 0.15) is 29.9 Å². The van der Waals surface area contributed by atoms with Crippen LogP contribution in [0.5, 0.6) is 5.75 Å². The van der Waals surface area contributed by atoms with Crippen molar-refractivity contribution in [1.29, 1.82) is 0 Å². The number of aryl methyl sites for hydroxylation is 1. The fraction of sp³-hybridized carbons (Fsp3) is 0.429. The molecule has 0 aliphatic carbocycles. The van der Waals surface area contributed by atoms with E-state index in [1.807, 2.05) is 43.3 Å². The van der Waals surface area contributed by atoms with E-state index in [0.29, 0.717) is 32.5 Å². The summed E-state index contributed by atoms with van der Waals surface area (Å²) in [7, 11) is 1.64. The average molecular weight is 370 g/mol. The van der Waals surface area contributed by atoms with Crippen molar-refractivity contribution in [3.63, 3.8) is 0 Å². The van der Waals surface area contributed by atoms with Gasteiger partial charge in [-0.05, 0) is 49.6 Å². The Morgan fingerprint density at radius 3 is 2.70 bits per heavy atom. The highest BCUT2D eigenvalue weighted by Gasteiger charge is 2.29. The Bertz CT molecular complexity index is 782. The minimum Gasteiger partial charge on any atom is -0.497 e. The first kappa shape index (κ1) is 19.0. The van der Waals surface area contributed by atoms with Crippen LogP contribution in [0.4, 0.5) is 0 Å². The van der Waals surface area contributed by atoms with Crippen LogP contribution in [0.15, 0.2) is 40.8 Å². The maximum atomic E-state index is 12.5. The SMILES string of the molecule is COc1ccc(CCN2C[C@@H](C(=O)NCc3ccc(C)o3)CCC2=O)cc1. The summed E-state index contributed by atoms with van der Waals surface area (Å²) in [5, 5.41) is 2.92. The highest BCUT2D eigenvalue weighted by molar-refractivity contribution is 5.83. The van der Waals surface area contributed by atoms with Crippen LogP contribution in [0.25, 0.3) is 0 Å². The van der Waals surface area contributed by atoms with E-state index in [-0.39, 0.29) is 17.7 Å². The first-order valence-corrected chi connectivity index (χ1v) is 9.29. The molecule has 0 radical (unpaired) electrons. The number of benzene rings is 1. The lowest BCUT2D eigenvalue weighted by Crippen LogP contribution is -2.46. The molecule has 2 amide bonds. The topological polar surface area (TPSA) is 71.8 Å².